The van der Waals surface area contributed by atoms with Gasteiger partial charge in [-0.2, -0.15) is 0 Å². The summed E-state index contributed by atoms with van der Waals surface area (Å²) in [5, 5.41) is 3.03. The van der Waals surface area contributed by atoms with E-state index in [0.717, 1.165) is 35.4 Å². The van der Waals surface area contributed by atoms with Crippen LogP contribution in [0.15, 0.2) is 42.5 Å². The molecule has 2 aromatic rings. The third kappa shape index (κ3) is 4.28. The number of hydrogen-bond acceptors (Lipinski definition) is 3. The zero-order valence-electron chi connectivity index (χ0n) is 14.8. The summed E-state index contributed by atoms with van der Waals surface area (Å²) in [4.78, 5) is 12.5. The third-order valence-corrected chi connectivity index (χ3v) is 3.99. The van der Waals surface area contributed by atoms with Crippen LogP contribution >= 0.6 is 0 Å². The van der Waals surface area contributed by atoms with Gasteiger partial charge in [-0.05, 0) is 55.2 Å². The number of anilines is 1. The molecule has 2 rings (SSSR count). The Kier molecular flexibility index (Phi) is 6.24. The number of benzene rings is 2. The van der Waals surface area contributed by atoms with E-state index in [4.69, 9.17) is 9.47 Å². The van der Waals surface area contributed by atoms with E-state index in [1.807, 2.05) is 30.3 Å². The Hall–Kier alpha value is -2.49. The van der Waals surface area contributed by atoms with Gasteiger partial charge in [-0.25, -0.2) is 0 Å². The van der Waals surface area contributed by atoms with Gasteiger partial charge in [0.1, 0.15) is 11.5 Å². The molecule has 1 amide bonds. The smallest absolute Gasteiger partial charge is 0.265 e. The molecule has 2 aromatic carbocycles. The van der Waals surface area contributed by atoms with E-state index in [1.165, 1.54) is 0 Å². The highest BCUT2D eigenvalue weighted by Crippen LogP contribution is 2.23. The molecular formula is C20H25NO3. The molecule has 0 radical (unpaired) electrons. The van der Waals surface area contributed by atoms with Crippen LogP contribution in [-0.2, 0) is 17.6 Å². The van der Waals surface area contributed by atoms with Crippen LogP contribution in [0.4, 0.5) is 5.69 Å². The van der Waals surface area contributed by atoms with E-state index < -0.39 is 6.10 Å². The van der Waals surface area contributed by atoms with E-state index in [9.17, 15) is 4.79 Å². The van der Waals surface area contributed by atoms with Crippen molar-refractivity contribution in [3.8, 4) is 11.5 Å². The summed E-state index contributed by atoms with van der Waals surface area (Å²) in [6.07, 6.45) is 1.15. The minimum Gasteiger partial charge on any atom is -0.497 e. The second kappa shape index (κ2) is 8.39. The van der Waals surface area contributed by atoms with Gasteiger partial charge in [-0.3, -0.25) is 4.79 Å². The van der Waals surface area contributed by atoms with Crippen molar-refractivity contribution < 1.29 is 14.3 Å². The molecule has 0 bridgehead atoms. The normalized spacial score (nSPS) is 11.7. The number of carbonyl (C=O) groups is 1. The summed E-state index contributed by atoms with van der Waals surface area (Å²) in [6.45, 7) is 5.92. The fraction of sp³-hybridized carbons (Fsp3) is 0.350. The number of amides is 1. The molecule has 0 aromatic heterocycles. The predicted molar refractivity (Wildman–Crippen MR) is 96.9 cm³/mol. The van der Waals surface area contributed by atoms with Gasteiger partial charge in [0.05, 0.1) is 7.11 Å². The lowest BCUT2D eigenvalue weighted by atomic mass is 10.0. The first-order chi connectivity index (χ1) is 11.6. The summed E-state index contributed by atoms with van der Waals surface area (Å²) in [6, 6.07) is 13.3. The molecule has 0 heterocycles. The highest BCUT2D eigenvalue weighted by atomic mass is 16.5. The van der Waals surface area contributed by atoms with Gasteiger partial charge in [-0.15, -0.1) is 0 Å². The van der Waals surface area contributed by atoms with Crippen molar-refractivity contribution in [1.82, 2.24) is 0 Å². The van der Waals surface area contributed by atoms with Crippen molar-refractivity contribution in [1.29, 1.82) is 0 Å². The third-order valence-electron chi connectivity index (χ3n) is 3.99. The Labute approximate surface area is 143 Å². The van der Waals surface area contributed by atoms with Crippen molar-refractivity contribution in [2.24, 2.45) is 0 Å². The zero-order valence-corrected chi connectivity index (χ0v) is 14.8. The van der Waals surface area contributed by atoms with Crippen molar-refractivity contribution in [3.05, 3.63) is 53.6 Å². The minimum atomic E-state index is -0.590. The molecule has 0 saturated heterocycles. The van der Waals surface area contributed by atoms with E-state index in [-0.39, 0.29) is 5.91 Å². The monoisotopic (exact) mass is 327 g/mol. The Morgan fingerprint density at radius 3 is 2.04 bits per heavy atom. The minimum absolute atomic E-state index is 0.151. The molecular weight excluding hydrogens is 302 g/mol. The van der Waals surface area contributed by atoms with Crippen LogP contribution in [0, 0.1) is 0 Å². The Balaban J connectivity index is 2.08. The number of para-hydroxylation sites is 1. The lowest BCUT2D eigenvalue weighted by Crippen LogP contribution is -2.30. The average Bonchev–Trinajstić information content (AvgIpc) is 2.62. The Morgan fingerprint density at radius 2 is 1.54 bits per heavy atom. The SMILES string of the molecule is CCc1cccc(CC)c1NC(=O)[C@H](C)Oc1ccc(OC)cc1. The van der Waals surface area contributed by atoms with Gasteiger partial charge in [0.15, 0.2) is 6.10 Å². The number of ether oxygens (including phenoxy) is 2. The second-order valence-corrected chi connectivity index (χ2v) is 5.58. The molecule has 0 fully saturated rings. The van der Waals surface area contributed by atoms with Crippen molar-refractivity contribution in [2.45, 2.75) is 39.7 Å². The fourth-order valence-electron chi connectivity index (χ4n) is 2.54. The molecule has 0 aliphatic rings. The summed E-state index contributed by atoms with van der Waals surface area (Å²) < 4.78 is 10.8. The van der Waals surface area contributed by atoms with Gasteiger partial charge in [0.25, 0.3) is 5.91 Å². The number of hydrogen-bond donors (Lipinski definition) is 1. The molecule has 0 aliphatic carbocycles. The second-order valence-electron chi connectivity index (χ2n) is 5.58. The van der Waals surface area contributed by atoms with E-state index >= 15 is 0 Å². The van der Waals surface area contributed by atoms with Crippen molar-refractivity contribution in [2.75, 3.05) is 12.4 Å². The molecule has 0 unspecified atom stereocenters. The van der Waals surface area contributed by atoms with Gasteiger partial charge in [-0.1, -0.05) is 32.0 Å². The first-order valence-electron chi connectivity index (χ1n) is 8.31. The van der Waals surface area contributed by atoms with E-state index in [2.05, 4.69) is 19.2 Å². The van der Waals surface area contributed by atoms with Crippen LogP contribution in [0.25, 0.3) is 0 Å². The Morgan fingerprint density at radius 1 is 1.00 bits per heavy atom. The lowest BCUT2D eigenvalue weighted by Gasteiger charge is -2.18. The zero-order chi connectivity index (χ0) is 17.5. The highest BCUT2D eigenvalue weighted by Gasteiger charge is 2.17. The van der Waals surface area contributed by atoms with Gasteiger partial charge < -0.3 is 14.8 Å². The average molecular weight is 327 g/mol. The number of aryl methyl sites for hydroxylation is 2. The molecule has 1 atom stereocenters. The summed E-state index contributed by atoms with van der Waals surface area (Å²) in [7, 11) is 1.61. The summed E-state index contributed by atoms with van der Waals surface area (Å²) >= 11 is 0. The first kappa shape index (κ1) is 17.9. The predicted octanol–water partition coefficient (Wildman–Crippen LogP) is 4.23. The van der Waals surface area contributed by atoms with Gasteiger partial charge in [0.2, 0.25) is 0 Å². The van der Waals surface area contributed by atoms with Crippen LogP contribution in [0.3, 0.4) is 0 Å². The van der Waals surface area contributed by atoms with E-state index in [0.29, 0.717) is 5.75 Å². The maximum absolute atomic E-state index is 12.5. The lowest BCUT2D eigenvalue weighted by molar-refractivity contribution is -0.122. The first-order valence-corrected chi connectivity index (χ1v) is 8.31. The fourth-order valence-corrected chi connectivity index (χ4v) is 2.54. The molecule has 128 valence electrons. The Bertz CT molecular complexity index is 658. The highest BCUT2D eigenvalue weighted by molar-refractivity contribution is 5.95. The van der Waals surface area contributed by atoms with Gasteiger partial charge in [0, 0.05) is 5.69 Å². The molecule has 4 heteroatoms. The van der Waals surface area contributed by atoms with Crippen molar-refractivity contribution >= 4 is 11.6 Å². The standard InChI is InChI=1S/C20H25NO3/c1-5-15-8-7-9-16(6-2)19(15)21-20(22)14(3)24-18-12-10-17(23-4)11-13-18/h7-14H,5-6H2,1-4H3,(H,21,22)/t14-/m0/s1. The van der Waals surface area contributed by atoms with Gasteiger partial charge >= 0.3 is 0 Å². The van der Waals surface area contributed by atoms with Crippen LogP contribution < -0.4 is 14.8 Å². The molecule has 0 aliphatic heterocycles. The summed E-state index contributed by atoms with van der Waals surface area (Å²) in [5.41, 5.74) is 3.19. The van der Waals surface area contributed by atoms with E-state index in [1.54, 1.807) is 26.2 Å². The quantitative estimate of drug-likeness (QED) is 0.828. The number of carbonyl (C=O) groups excluding carboxylic acids is 1. The number of rotatable bonds is 7. The molecule has 4 nitrogen and oxygen atoms in total. The maximum Gasteiger partial charge on any atom is 0.265 e. The van der Waals surface area contributed by atoms with Crippen LogP contribution in [0.5, 0.6) is 11.5 Å². The number of nitrogens with one attached hydrogen (secondary N) is 1. The van der Waals surface area contributed by atoms with Crippen LogP contribution in [-0.4, -0.2) is 19.1 Å². The van der Waals surface area contributed by atoms with Crippen LogP contribution in [0.2, 0.25) is 0 Å². The van der Waals surface area contributed by atoms with Crippen LogP contribution in [0.1, 0.15) is 31.9 Å². The maximum atomic E-state index is 12.5. The largest absolute Gasteiger partial charge is 0.497 e. The molecule has 0 saturated carbocycles. The topological polar surface area (TPSA) is 47.6 Å². The van der Waals surface area contributed by atoms with Crippen molar-refractivity contribution in [3.63, 3.8) is 0 Å². The number of methoxy groups -OCH3 is 1. The molecule has 24 heavy (non-hydrogen) atoms. The molecule has 1 N–H and O–H groups in total. The molecule has 0 spiro atoms. The summed E-state index contributed by atoms with van der Waals surface area (Å²) in [5.74, 6) is 1.24.